The van der Waals surface area contributed by atoms with Crippen molar-refractivity contribution in [2.45, 2.75) is 0 Å². The first-order valence-electron chi connectivity index (χ1n) is 6.37. The van der Waals surface area contributed by atoms with Gasteiger partial charge in [-0.2, -0.15) is 5.10 Å². The Morgan fingerprint density at radius 1 is 1.00 bits per heavy atom. The highest BCUT2D eigenvalue weighted by atomic mass is 19.1. The summed E-state index contributed by atoms with van der Waals surface area (Å²) in [6.45, 7) is 0. The lowest BCUT2D eigenvalue weighted by atomic mass is 10.1. The molecule has 0 bridgehead atoms. The van der Waals surface area contributed by atoms with Crippen LogP contribution >= 0.6 is 0 Å². The highest BCUT2D eigenvalue weighted by Gasteiger charge is 2.11. The Morgan fingerprint density at radius 2 is 1.81 bits per heavy atom. The van der Waals surface area contributed by atoms with E-state index in [-0.39, 0.29) is 5.65 Å². The molecule has 0 aliphatic heterocycles. The van der Waals surface area contributed by atoms with Crippen LogP contribution in [0.15, 0.2) is 43.0 Å². The molecule has 0 fully saturated rings. The summed E-state index contributed by atoms with van der Waals surface area (Å²) >= 11 is 0. The SMILES string of the molecule is Cn1cc2cc(-c3cc(F)c4nccn4c3)cc(F)c2n1. The molecule has 1 aromatic carbocycles. The van der Waals surface area contributed by atoms with E-state index in [1.807, 2.05) is 0 Å². The van der Waals surface area contributed by atoms with Gasteiger partial charge in [0.2, 0.25) is 0 Å². The van der Waals surface area contributed by atoms with Gasteiger partial charge in [-0.05, 0) is 23.8 Å². The van der Waals surface area contributed by atoms with E-state index in [1.165, 1.54) is 18.3 Å². The molecule has 0 saturated carbocycles. The van der Waals surface area contributed by atoms with E-state index in [2.05, 4.69) is 10.1 Å². The van der Waals surface area contributed by atoms with E-state index in [1.54, 1.807) is 40.8 Å². The standard InChI is InChI=1S/C15H10F2N4/c1-20-7-11-4-9(5-12(16)14(11)19-20)10-6-13(17)15-18-2-3-21(15)8-10/h2-8H,1H3. The van der Waals surface area contributed by atoms with Gasteiger partial charge in [-0.1, -0.05) is 0 Å². The fourth-order valence-corrected chi connectivity index (χ4v) is 2.53. The molecule has 3 aromatic heterocycles. The molecule has 21 heavy (non-hydrogen) atoms. The van der Waals surface area contributed by atoms with Gasteiger partial charge in [0.15, 0.2) is 17.3 Å². The molecule has 0 radical (unpaired) electrons. The minimum absolute atomic E-state index is 0.252. The van der Waals surface area contributed by atoms with Gasteiger partial charge in [-0.15, -0.1) is 0 Å². The van der Waals surface area contributed by atoms with Crippen LogP contribution in [0.2, 0.25) is 0 Å². The molecule has 0 aliphatic carbocycles. The van der Waals surface area contributed by atoms with Crippen molar-refractivity contribution in [1.29, 1.82) is 0 Å². The summed E-state index contributed by atoms with van der Waals surface area (Å²) in [5.74, 6) is -0.863. The fourth-order valence-electron chi connectivity index (χ4n) is 2.53. The van der Waals surface area contributed by atoms with E-state index in [0.29, 0.717) is 22.0 Å². The first-order valence-corrected chi connectivity index (χ1v) is 6.37. The molecule has 0 atom stereocenters. The van der Waals surface area contributed by atoms with Gasteiger partial charge in [0.05, 0.1) is 0 Å². The summed E-state index contributed by atoms with van der Waals surface area (Å²) in [6.07, 6.45) is 6.63. The molecule has 0 amide bonds. The first-order chi connectivity index (χ1) is 10.1. The number of aromatic nitrogens is 4. The van der Waals surface area contributed by atoms with Gasteiger partial charge in [0.1, 0.15) is 5.52 Å². The number of benzene rings is 1. The van der Waals surface area contributed by atoms with Crippen molar-refractivity contribution in [3.05, 3.63) is 54.6 Å². The molecule has 0 spiro atoms. The molecule has 4 nitrogen and oxygen atoms in total. The van der Waals surface area contributed by atoms with Gasteiger partial charge in [0.25, 0.3) is 0 Å². The number of rotatable bonds is 1. The number of pyridine rings is 1. The molecule has 104 valence electrons. The van der Waals surface area contributed by atoms with Crippen molar-refractivity contribution in [3.8, 4) is 11.1 Å². The summed E-state index contributed by atoms with van der Waals surface area (Å²) in [5.41, 5.74) is 1.75. The quantitative estimate of drug-likeness (QED) is 0.538. The molecule has 4 aromatic rings. The number of fused-ring (bicyclic) bond motifs is 2. The maximum absolute atomic E-state index is 14.1. The number of halogens is 2. The lowest BCUT2D eigenvalue weighted by Gasteiger charge is -2.05. The Bertz CT molecular complexity index is 984. The maximum atomic E-state index is 14.1. The van der Waals surface area contributed by atoms with Crippen molar-refractivity contribution >= 4 is 16.6 Å². The minimum Gasteiger partial charge on any atom is -0.304 e. The third-order valence-electron chi connectivity index (χ3n) is 3.45. The molecule has 3 heterocycles. The maximum Gasteiger partial charge on any atom is 0.173 e. The van der Waals surface area contributed by atoms with Crippen molar-refractivity contribution in [2.75, 3.05) is 0 Å². The summed E-state index contributed by atoms with van der Waals surface area (Å²) < 4.78 is 31.2. The Labute approximate surface area is 118 Å². The number of aryl methyl sites for hydroxylation is 1. The smallest absolute Gasteiger partial charge is 0.173 e. The van der Waals surface area contributed by atoms with E-state index in [4.69, 9.17) is 0 Å². The second kappa shape index (κ2) is 4.12. The number of hydrogen-bond acceptors (Lipinski definition) is 2. The molecular weight excluding hydrogens is 274 g/mol. The Hall–Kier alpha value is -2.76. The highest BCUT2D eigenvalue weighted by Crippen LogP contribution is 2.27. The number of imidazole rings is 1. The van der Waals surface area contributed by atoms with Crippen LogP contribution in [-0.4, -0.2) is 19.2 Å². The summed E-state index contributed by atoms with van der Waals surface area (Å²) in [7, 11) is 1.73. The van der Waals surface area contributed by atoms with Crippen LogP contribution in [-0.2, 0) is 7.05 Å². The third-order valence-corrected chi connectivity index (χ3v) is 3.45. The summed E-state index contributed by atoms with van der Waals surface area (Å²) in [4.78, 5) is 3.92. The third kappa shape index (κ3) is 1.79. The largest absolute Gasteiger partial charge is 0.304 e. The Balaban J connectivity index is 1.98. The minimum atomic E-state index is -0.441. The van der Waals surface area contributed by atoms with Crippen molar-refractivity contribution < 1.29 is 8.78 Å². The molecule has 0 N–H and O–H groups in total. The number of hydrogen-bond donors (Lipinski definition) is 0. The molecule has 0 unspecified atom stereocenters. The zero-order valence-corrected chi connectivity index (χ0v) is 11.1. The Kier molecular flexibility index (Phi) is 2.35. The van der Waals surface area contributed by atoms with E-state index in [0.717, 1.165) is 0 Å². The second-order valence-corrected chi connectivity index (χ2v) is 4.93. The molecule has 0 aliphatic rings. The van der Waals surface area contributed by atoms with E-state index in [9.17, 15) is 8.78 Å². The summed E-state index contributed by atoms with van der Waals surface area (Å²) in [6, 6.07) is 4.52. The highest BCUT2D eigenvalue weighted by molar-refractivity contribution is 5.84. The van der Waals surface area contributed by atoms with Crippen LogP contribution in [0, 0.1) is 11.6 Å². The van der Waals surface area contributed by atoms with Crippen LogP contribution in [0.25, 0.3) is 27.7 Å². The van der Waals surface area contributed by atoms with Crippen molar-refractivity contribution in [2.24, 2.45) is 7.05 Å². The van der Waals surface area contributed by atoms with Crippen LogP contribution in [0.4, 0.5) is 8.78 Å². The lowest BCUT2D eigenvalue weighted by molar-refractivity contribution is 0.629. The van der Waals surface area contributed by atoms with Crippen LogP contribution in [0.1, 0.15) is 0 Å². The first kappa shape index (κ1) is 12.0. The molecule has 4 rings (SSSR count). The predicted octanol–water partition coefficient (Wildman–Crippen LogP) is 3.17. The zero-order valence-electron chi connectivity index (χ0n) is 11.1. The second-order valence-electron chi connectivity index (χ2n) is 4.93. The van der Waals surface area contributed by atoms with Gasteiger partial charge in [0, 0.05) is 42.8 Å². The van der Waals surface area contributed by atoms with Gasteiger partial charge in [-0.25, -0.2) is 13.8 Å². The Morgan fingerprint density at radius 3 is 2.67 bits per heavy atom. The molecule has 6 heteroatoms. The molecular formula is C15H10F2N4. The van der Waals surface area contributed by atoms with E-state index < -0.39 is 11.6 Å². The van der Waals surface area contributed by atoms with Crippen molar-refractivity contribution in [1.82, 2.24) is 19.2 Å². The van der Waals surface area contributed by atoms with Gasteiger partial charge in [-0.3, -0.25) is 4.68 Å². The topological polar surface area (TPSA) is 35.1 Å². The van der Waals surface area contributed by atoms with E-state index >= 15 is 0 Å². The summed E-state index contributed by atoms with van der Waals surface area (Å²) in [5, 5.41) is 4.74. The monoisotopic (exact) mass is 284 g/mol. The lowest BCUT2D eigenvalue weighted by Crippen LogP contribution is -1.91. The molecule has 0 saturated heterocycles. The average molecular weight is 284 g/mol. The van der Waals surface area contributed by atoms with Gasteiger partial charge < -0.3 is 4.40 Å². The normalized spacial score (nSPS) is 11.6. The fraction of sp³-hybridized carbons (Fsp3) is 0.0667. The van der Waals surface area contributed by atoms with Crippen LogP contribution < -0.4 is 0 Å². The average Bonchev–Trinajstić information content (AvgIpc) is 3.04. The van der Waals surface area contributed by atoms with Crippen molar-refractivity contribution in [3.63, 3.8) is 0 Å². The van der Waals surface area contributed by atoms with Crippen LogP contribution in [0.5, 0.6) is 0 Å². The predicted molar refractivity (Wildman–Crippen MR) is 74.8 cm³/mol. The number of nitrogens with zero attached hydrogens (tertiary/aromatic N) is 4. The van der Waals surface area contributed by atoms with Crippen LogP contribution in [0.3, 0.4) is 0 Å². The van der Waals surface area contributed by atoms with Gasteiger partial charge >= 0.3 is 0 Å². The zero-order chi connectivity index (χ0) is 14.6.